The van der Waals surface area contributed by atoms with Gasteiger partial charge < -0.3 is 30.7 Å². The van der Waals surface area contributed by atoms with Crippen LogP contribution in [0.5, 0.6) is 0 Å². The van der Waals surface area contributed by atoms with E-state index in [1.54, 1.807) is 0 Å². The largest absolute Gasteiger partial charge is 0.379 e. The van der Waals surface area contributed by atoms with Crippen molar-refractivity contribution < 1.29 is 14.3 Å². The molecule has 2 rings (SSSR count). The van der Waals surface area contributed by atoms with Crippen LogP contribution in [-0.4, -0.2) is 45.5 Å². The van der Waals surface area contributed by atoms with Crippen molar-refractivity contribution in [2.45, 2.75) is 66.2 Å². The van der Waals surface area contributed by atoms with Crippen LogP contribution in [0.3, 0.4) is 0 Å². The summed E-state index contributed by atoms with van der Waals surface area (Å²) < 4.78 is 12.3. The number of carbonyl (C=O) groups excluding carboxylic acids is 1. The summed E-state index contributed by atoms with van der Waals surface area (Å²) >= 11 is 0. The number of aryl methyl sites for hydroxylation is 2. The van der Waals surface area contributed by atoms with Gasteiger partial charge in [-0.15, -0.1) is 0 Å². The Morgan fingerprint density at radius 2 is 1.21 bits per heavy atom. The van der Waals surface area contributed by atoms with Crippen molar-refractivity contribution in [1.82, 2.24) is 10.6 Å². The molecule has 2 amide bonds. The van der Waals surface area contributed by atoms with Crippen molar-refractivity contribution in [1.29, 1.82) is 0 Å². The van der Waals surface area contributed by atoms with Crippen LogP contribution < -0.4 is 21.3 Å². The highest BCUT2D eigenvalue weighted by molar-refractivity contribution is 5.89. The minimum atomic E-state index is -0.222. The maximum absolute atomic E-state index is 12.2. The SMILES string of the molecule is C=C(NCCOCC(CCCC)(CCCC)COCCNC(=O)Nc1ccc(C)cc1)Nc1ccc(C)cc1. The fraction of sp³-hybridized carbons (Fsp3) is 0.531. The molecule has 0 radical (unpaired) electrons. The lowest BCUT2D eigenvalue weighted by molar-refractivity contribution is -0.0323. The summed E-state index contributed by atoms with van der Waals surface area (Å²) in [5, 5.41) is 12.3. The van der Waals surface area contributed by atoms with E-state index in [1.807, 2.05) is 43.3 Å². The third-order valence-electron chi connectivity index (χ3n) is 6.71. The van der Waals surface area contributed by atoms with Gasteiger partial charge in [-0.1, -0.05) is 81.5 Å². The van der Waals surface area contributed by atoms with E-state index in [2.05, 4.69) is 60.8 Å². The van der Waals surface area contributed by atoms with Crippen molar-refractivity contribution in [3.05, 3.63) is 72.1 Å². The lowest BCUT2D eigenvalue weighted by Crippen LogP contribution is -2.36. The number of unbranched alkanes of at least 4 members (excludes halogenated alkanes) is 2. The first-order valence-electron chi connectivity index (χ1n) is 14.4. The van der Waals surface area contributed by atoms with Gasteiger partial charge in [0.2, 0.25) is 0 Å². The van der Waals surface area contributed by atoms with Crippen molar-refractivity contribution >= 4 is 17.4 Å². The number of nitrogens with one attached hydrogen (secondary N) is 4. The molecule has 0 saturated heterocycles. The Morgan fingerprint density at radius 3 is 1.69 bits per heavy atom. The molecule has 2 aromatic carbocycles. The molecule has 0 aliphatic rings. The highest BCUT2D eigenvalue weighted by atomic mass is 16.5. The molecule has 0 atom stereocenters. The topological polar surface area (TPSA) is 83.6 Å². The number of rotatable bonds is 20. The van der Waals surface area contributed by atoms with Gasteiger partial charge in [-0.25, -0.2) is 4.79 Å². The Labute approximate surface area is 236 Å². The van der Waals surface area contributed by atoms with E-state index in [1.165, 1.54) is 5.56 Å². The van der Waals surface area contributed by atoms with Crippen molar-refractivity contribution in [3.8, 4) is 0 Å². The summed E-state index contributed by atoms with van der Waals surface area (Å²) in [4.78, 5) is 12.2. The van der Waals surface area contributed by atoms with Gasteiger partial charge in [0.15, 0.2) is 0 Å². The zero-order valence-electron chi connectivity index (χ0n) is 24.5. The maximum Gasteiger partial charge on any atom is 0.319 e. The smallest absolute Gasteiger partial charge is 0.319 e. The van der Waals surface area contributed by atoms with Crippen LogP contribution in [-0.2, 0) is 9.47 Å². The standard InChI is InChI=1S/C32H50N4O3/c1-6-8-18-32(19-9-7-2,24-38-22-20-33-28(5)35-29-14-10-26(3)11-15-29)25-39-23-21-34-31(37)36-30-16-12-27(4)13-17-30/h10-17,33,35H,5-9,18-25H2,1-4H3,(H2,34,36,37). The predicted octanol–water partition coefficient (Wildman–Crippen LogP) is 7.00. The molecule has 0 spiro atoms. The first-order valence-corrected chi connectivity index (χ1v) is 14.4. The third-order valence-corrected chi connectivity index (χ3v) is 6.71. The Kier molecular flexibility index (Phi) is 15.1. The Morgan fingerprint density at radius 1 is 0.744 bits per heavy atom. The molecule has 7 nitrogen and oxygen atoms in total. The number of hydrogen-bond donors (Lipinski definition) is 4. The molecular formula is C32H50N4O3. The number of hydrogen-bond acceptors (Lipinski definition) is 5. The molecular weight excluding hydrogens is 488 g/mol. The summed E-state index contributed by atoms with van der Waals surface area (Å²) in [7, 11) is 0. The van der Waals surface area contributed by atoms with Gasteiger partial charge in [-0.05, 0) is 51.0 Å². The Hall–Kier alpha value is -3.03. The normalized spacial score (nSPS) is 11.2. The van der Waals surface area contributed by atoms with Crippen LogP contribution in [0, 0.1) is 19.3 Å². The van der Waals surface area contributed by atoms with Crippen LogP contribution in [0.15, 0.2) is 60.9 Å². The number of urea groups is 1. The fourth-order valence-corrected chi connectivity index (χ4v) is 4.31. The summed E-state index contributed by atoms with van der Waals surface area (Å²) in [6.07, 6.45) is 6.70. The molecule has 0 aliphatic carbocycles. The number of amides is 2. The zero-order valence-corrected chi connectivity index (χ0v) is 24.5. The molecule has 4 N–H and O–H groups in total. The summed E-state index contributed by atoms with van der Waals surface area (Å²) in [6, 6.07) is 15.7. The molecule has 0 bridgehead atoms. The predicted molar refractivity (Wildman–Crippen MR) is 163 cm³/mol. The second kappa shape index (κ2) is 18.3. The quantitative estimate of drug-likeness (QED) is 0.136. The van der Waals surface area contributed by atoms with Gasteiger partial charge in [-0.2, -0.15) is 0 Å². The number of benzene rings is 2. The fourth-order valence-electron chi connectivity index (χ4n) is 4.31. The van der Waals surface area contributed by atoms with Crippen LogP contribution in [0.4, 0.5) is 16.2 Å². The highest BCUT2D eigenvalue weighted by Crippen LogP contribution is 2.32. The molecule has 2 aromatic rings. The van der Waals surface area contributed by atoms with Crippen molar-refractivity contribution in [2.75, 3.05) is 50.2 Å². The number of carbonyl (C=O) groups is 1. The van der Waals surface area contributed by atoms with Crippen molar-refractivity contribution in [3.63, 3.8) is 0 Å². The molecule has 0 unspecified atom stereocenters. The third kappa shape index (κ3) is 13.5. The van der Waals surface area contributed by atoms with Crippen LogP contribution in [0.2, 0.25) is 0 Å². The molecule has 0 aromatic heterocycles. The summed E-state index contributed by atoms with van der Waals surface area (Å²) in [5.41, 5.74) is 4.15. The molecule has 7 heteroatoms. The van der Waals surface area contributed by atoms with E-state index in [9.17, 15) is 4.79 Å². The van der Waals surface area contributed by atoms with E-state index in [-0.39, 0.29) is 11.4 Å². The van der Waals surface area contributed by atoms with E-state index in [0.717, 1.165) is 61.3 Å². The number of ether oxygens (including phenoxy) is 2. The van der Waals surface area contributed by atoms with Crippen LogP contribution in [0.1, 0.15) is 63.5 Å². The molecule has 39 heavy (non-hydrogen) atoms. The average molecular weight is 539 g/mol. The maximum atomic E-state index is 12.2. The van der Waals surface area contributed by atoms with E-state index >= 15 is 0 Å². The summed E-state index contributed by atoms with van der Waals surface area (Å²) in [5.74, 6) is 0.757. The number of anilines is 2. The first kappa shape index (κ1) is 32.2. The lowest BCUT2D eigenvalue weighted by atomic mass is 9.79. The van der Waals surface area contributed by atoms with E-state index < -0.39 is 0 Å². The molecule has 0 aliphatic heterocycles. The van der Waals surface area contributed by atoms with Crippen LogP contribution in [0.25, 0.3) is 0 Å². The average Bonchev–Trinajstić information content (AvgIpc) is 2.92. The molecule has 0 saturated carbocycles. The zero-order chi connectivity index (χ0) is 28.3. The minimum Gasteiger partial charge on any atom is -0.379 e. The molecule has 216 valence electrons. The van der Waals surface area contributed by atoms with Crippen LogP contribution >= 0.6 is 0 Å². The van der Waals surface area contributed by atoms with Gasteiger partial charge in [0, 0.05) is 29.9 Å². The second-order valence-corrected chi connectivity index (χ2v) is 10.5. The molecule has 0 heterocycles. The highest BCUT2D eigenvalue weighted by Gasteiger charge is 2.30. The van der Waals surface area contributed by atoms with E-state index in [0.29, 0.717) is 39.5 Å². The van der Waals surface area contributed by atoms with Gasteiger partial charge in [0.1, 0.15) is 0 Å². The Balaban J connectivity index is 1.75. The molecule has 0 fully saturated rings. The van der Waals surface area contributed by atoms with Gasteiger partial charge in [0.25, 0.3) is 0 Å². The van der Waals surface area contributed by atoms with Crippen molar-refractivity contribution in [2.24, 2.45) is 5.41 Å². The van der Waals surface area contributed by atoms with Gasteiger partial charge in [-0.3, -0.25) is 0 Å². The minimum absolute atomic E-state index is 0.0205. The second-order valence-electron chi connectivity index (χ2n) is 10.5. The van der Waals surface area contributed by atoms with Gasteiger partial charge in [0.05, 0.1) is 32.2 Å². The lowest BCUT2D eigenvalue weighted by Gasteiger charge is -2.34. The first-order chi connectivity index (χ1) is 18.9. The monoisotopic (exact) mass is 538 g/mol. The van der Waals surface area contributed by atoms with E-state index in [4.69, 9.17) is 9.47 Å². The Bertz CT molecular complexity index is 881. The van der Waals surface area contributed by atoms with Gasteiger partial charge >= 0.3 is 6.03 Å². The summed E-state index contributed by atoms with van der Waals surface area (Å²) in [6.45, 7) is 16.1.